The molecule has 2 aliphatic rings. The number of pyridine rings is 1. The fraction of sp³-hybridized carbons (Fsp3) is 0.722. The molecule has 1 aromatic rings. The zero-order valence-corrected chi connectivity index (χ0v) is 13.5. The van der Waals surface area contributed by atoms with E-state index in [1.165, 1.54) is 56.5 Å². The van der Waals surface area contributed by atoms with Gasteiger partial charge in [0.25, 0.3) is 0 Å². The van der Waals surface area contributed by atoms with Crippen LogP contribution in [0.15, 0.2) is 18.3 Å². The Hall–Kier alpha value is -1.09. The predicted molar refractivity (Wildman–Crippen MR) is 88.7 cm³/mol. The molecule has 0 radical (unpaired) electrons. The summed E-state index contributed by atoms with van der Waals surface area (Å²) in [6.45, 7) is 6.75. The highest BCUT2D eigenvalue weighted by Gasteiger charge is 2.36. The van der Waals surface area contributed by atoms with Crippen molar-refractivity contribution in [1.29, 1.82) is 0 Å². The van der Waals surface area contributed by atoms with Crippen molar-refractivity contribution in [2.24, 2.45) is 5.92 Å². The highest BCUT2D eigenvalue weighted by molar-refractivity contribution is 5.50. The SMILES string of the molecule is CCCNC(C)c1cccnc1N1CCCC2CCCC21. The molecule has 0 bridgehead atoms. The maximum Gasteiger partial charge on any atom is 0.133 e. The van der Waals surface area contributed by atoms with Crippen LogP contribution in [-0.2, 0) is 0 Å². The summed E-state index contributed by atoms with van der Waals surface area (Å²) in [5.41, 5.74) is 1.37. The van der Waals surface area contributed by atoms with Crippen molar-refractivity contribution >= 4 is 5.82 Å². The number of hydrogen-bond donors (Lipinski definition) is 1. The fourth-order valence-corrected chi connectivity index (χ4v) is 4.18. The third-order valence-corrected chi connectivity index (χ3v) is 5.25. The Bertz CT molecular complexity index is 460. The largest absolute Gasteiger partial charge is 0.353 e. The van der Waals surface area contributed by atoms with Gasteiger partial charge in [0.05, 0.1) is 0 Å². The molecule has 1 N–H and O–H groups in total. The van der Waals surface area contributed by atoms with Crippen LogP contribution >= 0.6 is 0 Å². The van der Waals surface area contributed by atoms with Crippen LogP contribution in [0.25, 0.3) is 0 Å². The van der Waals surface area contributed by atoms with Gasteiger partial charge in [0, 0.05) is 30.4 Å². The second-order valence-corrected chi connectivity index (χ2v) is 6.69. The first-order valence-corrected chi connectivity index (χ1v) is 8.76. The molecule has 3 atom stereocenters. The molecule has 1 saturated heterocycles. The second-order valence-electron chi connectivity index (χ2n) is 6.69. The summed E-state index contributed by atoms with van der Waals surface area (Å²) in [7, 11) is 0. The Morgan fingerprint density at radius 2 is 2.19 bits per heavy atom. The molecule has 2 fully saturated rings. The van der Waals surface area contributed by atoms with Crippen molar-refractivity contribution in [3.63, 3.8) is 0 Å². The van der Waals surface area contributed by atoms with Crippen molar-refractivity contribution in [2.45, 2.75) is 64.5 Å². The van der Waals surface area contributed by atoms with Gasteiger partial charge in [0.15, 0.2) is 0 Å². The Morgan fingerprint density at radius 3 is 3.05 bits per heavy atom. The summed E-state index contributed by atoms with van der Waals surface area (Å²) in [6, 6.07) is 5.47. The highest BCUT2D eigenvalue weighted by atomic mass is 15.2. The molecule has 3 unspecified atom stereocenters. The van der Waals surface area contributed by atoms with E-state index in [9.17, 15) is 0 Å². The Balaban J connectivity index is 1.84. The first-order chi connectivity index (χ1) is 10.3. The summed E-state index contributed by atoms with van der Waals surface area (Å²) < 4.78 is 0. The summed E-state index contributed by atoms with van der Waals surface area (Å²) >= 11 is 0. The van der Waals surface area contributed by atoms with E-state index in [0.717, 1.165) is 18.5 Å². The van der Waals surface area contributed by atoms with Crippen LogP contribution in [0.4, 0.5) is 5.82 Å². The van der Waals surface area contributed by atoms with Gasteiger partial charge in [-0.25, -0.2) is 4.98 Å². The van der Waals surface area contributed by atoms with Gasteiger partial charge >= 0.3 is 0 Å². The Kier molecular flexibility index (Phi) is 4.79. The Morgan fingerprint density at radius 1 is 1.33 bits per heavy atom. The van der Waals surface area contributed by atoms with Gasteiger partial charge in [-0.05, 0) is 57.6 Å². The van der Waals surface area contributed by atoms with Crippen LogP contribution < -0.4 is 10.2 Å². The van der Waals surface area contributed by atoms with E-state index in [2.05, 4.69) is 36.2 Å². The van der Waals surface area contributed by atoms with Gasteiger partial charge < -0.3 is 10.2 Å². The standard InChI is InChI=1S/C18H29N3/c1-3-11-19-14(2)16-9-5-12-20-18(16)21-13-6-8-15-7-4-10-17(15)21/h5,9,12,14-15,17,19H,3-4,6-8,10-11,13H2,1-2H3. The molecule has 1 aromatic heterocycles. The normalized spacial score (nSPS) is 26.7. The topological polar surface area (TPSA) is 28.2 Å². The first-order valence-electron chi connectivity index (χ1n) is 8.76. The monoisotopic (exact) mass is 287 g/mol. The van der Waals surface area contributed by atoms with Crippen LogP contribution in [0.5, 0.6) is 0 Å². The first kappa shape index (κ1) is 14.8. The van der Waals surface area contributed by atoms with E-state index in [0.29, 0.717) is 6.04 Å². The average Bonchev–Trinajstić information content (AvgIpc) is 3.01. The maximum atomic E-state index is 4.78. The number of nitrogens with zero attached hydrogens (tertiary/aromatic N) is 2. The number of rotatable bonds is 5. The molecule has 3 heteroatoms. The second kappa shape index (κ2) is 6.78. The van der Waals surface area contributed by atoms with Crippen molar-refractivity contribution < 1.29 is 0 Å². The van der Waals surface area contributed by atoms with E-state index < -0.39 is 0 Å². The van der Waals surface area contributed by atoms with Crippen molar-refractivity contribution in [3.05, 3.63) is 23.9 Å². The number of piperidine rings is 1. The highest BCUT2D eigenvalue weighted by Crippen LogP contribution is 2.40. The molecule has 1 saturated carbocycles. The van der Waals surface area contributed by atoms with Crippen LogP contribution in [-0.4, -0.2) is 24.1 Å². The smallest absolute Gasteiger partial charge is 0.133 e. The minimum Gasteiger partial charge on any atom is -0.353 e. The third kappa shape index (κ3) is 3.08. The summed E-state index contributed by atoms with van der Waals surface area (Å²) in [5.74, 6) is 2.15. The number of fused-ring (bicyclic) bond motifs is 1. The lowest BCUT2D eigenvalue weighted by atomic mass is 9.91. The fourth-order valence-electron chi connectivity index (χ4n) is 4.18. The predicted octanol–water partition coefficient (Wildman–Crippen LogP) is 3.91. The third-order valence-electron chi connectivity index (χ3n) is 5.25. The average molecular weight is 287 g/mol. The molecule has 0 aromatic carbocycles. The lowest BCUT2D eigenvalue weighted by molar-refractivity contribution is 0.359. The van der Waals surface area contributed by atoms with Gasteiger partial charge in [-0.1, -0.05) is 19.4 Å². The van der Waals surface area contributed by atoms with Gasteiger partial charge in [-0.2, -0.15) is 0 Å². The molecule has 1 aliphatic heterocycles. The lowest BCUT2D eigenvalue weighted by Crippen LogP contribution is -2.44. The molecule has 21 heavy (non-hydrogen) atoms. The van der Waals surface area contributed by atoms with E-state index >= 15 is 0 Å². The molecule has 2 heterocycles. The van der Waals surface area contributed by atoms with Crippen LogP contribution in [0.3, 0.4) is 0 Å². The zero-order valence-electron chi connectivity index (χ0n) is 13.5. The van der Waals surface area contributed by atoms with Crippen molar-refractivity contribution in [1.82, 2.24) is 10.3 Å². The molecule has 116 valence electrons. The number of anilines is 1. The van der Waals surface area contributed by atoms with Crippen LogP contribution in [0, 0.1) is 5.92 Å². The summed E-state index contributed by atoms with van der Waals surface area (Å²) in [5, 5.41) is 3.62. The van der Waals surface area contributed by atoms with E-state index in [1.54, 1.807) is 0 Å². The van der Waals surface area contributed by atoms with Gasteiger partial charge in [0.1, 0.15) is 5.82 Å². The van der Waals surface area contributed by atoms with E-state index in [4.69, 9.17) is 4.98 Å². The number of hydrogen-bond acceptors (Lipinski definition) is 3. The number of nitrogens with one attached hydrogen (secondary N) is 1. The molecule has 3 nitrogen and oxygen atoms in total. The molecule has 1 aliphatic carbocycles. The minimum absolute atomic E-state index is 0.385. The molecular weight excluding hydrogens is 258 g/mol. The molecular formula is C18H29N3. The maximum absolute atomic E-state index is 4.78. The van der Waals surface area contributed by atoms with Gasteiger partial charge in [-0.15, -0.1) is 0 Å². The van der Waals surface area contributed by atoms with Crippen molar-refractivity contribution in [3.8, 4) is 0 Å². The quantitative estimate of drug-likeness (QED) is 0.890. The Labute approximate surface area is 129 Å². The zero-order chi connectivity index (χ0) is 14.7. The molecule has 3 rings (SSSR count). The van der Waals surface area contributed by atoms with Crippen molar-refractivity contribution in [2.75, 3.05) is 18.0 Å². The lowest BCUT2D eigenvalue weighted by Gasteiger charge is -2.40. The van der Waals surface area contributed by atoms with Crippen LogP contribution in [0.1, 0.15) is 64.0 Å². The molecule has 0 spiro atoms. The number of aromatic nitrogens is 1. The summed E-state index contributed by atoms with van der Waals surface area (Å²) in [4.78, 5) is 7.40. The molecule has 0 amide bonds. The minimum atomic E-state index is 0.385. The van der Waals surface area contributed by atoms with E-state index in [-0.39, 0.29) is 0 Å². The summed E-state index contributed by atoms with van der Waals surface area (Å²) in [6.07, 6.45) is 10.1. The van der Waals surface area contributed by atoms with Gasteiger partial charge in [0.2, 0.25) is 0 Å². The van der Waals surface area contributed by atoms with Crippen LogP contribution in [0.2, 0.25) is 0 Å². The van der Waals surface area contributed by atoms with E-state index in [1.807, 2.05) is 6.20 Å². The van der Waals surface area contributed by atoms with Gasteiger partial charge in [-0.3, -0.25) is 0 Å².